The number of hydrogen-bond donors (Lipinski definition) is 1. The minimum absolute atomic E-state index is 0.0569. The van der Waals surface area contributed by atoms with Gasteiger partial charge in [0.25, 0.3) is 0 Å². The fourth-order valence-corrected chi connectivity index (χ4v) is 2.75. The Labute approximate surface area is 124 Å². The molecule has 1 aromatic rings. The first-order valence-electron chi connectivity index (χ1n) is 7.39. The highest BCUT2D eigenvalue weighted by molar-refractivity contribution is 5.90. The molecule has 1 atom stereocenters. The summed E-state index contributed by atoms with van der Waals surface area (Å²) in [5, 5.41) is 2.72. The lowest BCUT2D eigenvalue weighted by Crippen LogP contribution is -2.43. The maximum absolute atomic E-state index is 13.2. The van der Waals surface area contributed by atoms with Gasteiger partial charge in [0.1, 0.15) is 11.6 Å². The van der Waals surface area contributed by atoms with E-state index in [0.717, 1.165) is 25.7 Å². The normalized spacial score (nSPS) is 19.0. The zero-order valence-electron chi connectivity index (χ0n) is 12.3. The van der Waals surface area contributed by atoms with Crippen LogP contribution in [-0.2, 0) is 4.79 Å². The number of nitrogens with one attached hydrogen (secondary N) is 1. The topological polar surface area (TPSA) is 49.4 Å². The predicted octanol–water partition coefficient (Wildman–Crippen LogP) is 3.58. The van der Waals surface area contributed by atoms with Crippen LogP contribution in [0, 0.1) is 5.82 Å². The van der Waals surface area contributed by atoms with Crippen molar-refractivity contribution in [1.82, 2.24) is 4.90 Å². The number of amides is 2. The lowest BCUT2D eigenvalue weighted by Gasteiger charge is -2.29. The standard InChI is InChI=1S/C16H21FN2O2/c1-12(20)10-15-8-3-2-4-9-19(15)16(21)18-14-7-5-6-13(17)11-14/h5-7,11,15H,2-4,8-10H2,1H3,(H,18,21). The number of likely N-dealkylation sites (tertiary alicyclic amines) is 1. The Morgan fingerprint density at radius 1 is 1.33 bits per heavy atom. The molecule has 2 rings (SSSR count). The first kappa shape index (κ1) is 15.5. The van der Waals surface area contributed by atoms with Crippen molar-refractivity contribution in [2.75, 3.05) is 11.9 Å². The Hall–Kier alpha value is -1.91. The zero-order chi connectivity index (χ0) is 15.2. The molecule has 0 spiro atoms. The van der Waals surface area contributed by atoms with E-state index in [-0.39, 0.29) is 23.7 Å². The number of carbonyl (C=O) groups is 2. The van der Waals surface area contributed by atoms with Crippen molar-refractivity contribution < 1.29 is 14.0 Å². The van der Waals surface area contributed by atoms with E-state index in [0.29, 0.717) is 18.7 Å². The third kappa shape index (κ3) is 4.55. The van der Waals surface area contributed by atoms with E-state index >= 15 is 0 Å². The van der Waals surface area contributed by atoms with E-state index < -0.39 is 0 Å². The molecule has 1 N–H and O–H groups in total. The second-order valence-electron chi connectivity index (χ2n) is 5.54. The van der Waals surface area contributed by atoms with E-state index in [2.05, 4.69) is 5.32 Å². The molecule has 1 heterocycles. The molecule has 1 unspecified atom stereocenters. The van der Waals surface area contributed by atoms with Crippen LogP contribution < -0.4 is 5.32 Å². The van der Waals surface area contributed by atoms with Crippen LogP contribution in [0.5, 0.6) is 0 Å². The van der Waals surface area contributed by atoms with Gasteiger partial charge in [-0.2, -0.15) is 0 Å². The van der Waals surface area contributed by atoms with Gasteiger partial charge in [-0.25, -0.2) is 9.18 Å². The summed E-state index contributed by atoms with van der Waals surface area (Å²) < 4.78 is 13.2. The monoisotopic (exact) mass is 292 g/mol. The first-order chi connectivity index (χ1) is 10.1. The van der Waals surface area contributed by atoms with Gasteiger partial charge in [-0.1, -0.05) is 18.9 Å². The number of rotatable bonds is 3. The van der Waals surface area contributed by atoms with E-state index in [4.69, 9.17) is 0 Å². The van der Waals surface area contributed by atoms with Crippen LogP contribution >= 0.6 is 0 Å². The van der Waals surface area contributed by atoms with Crippen molar-refractivity contribution >= 4 is 17.5 Å². The van der Waals surface area contributed by atoms with Gasteiger partial charge in [0, 0.05) is 24.7 Å². The number of carbonyl (C=O) groups excluding carboxylic acids is 2. The average Bonchev–Trinajstić information content (AvgIpc) is 2.63. The molecule has 2 amide bonds. The Balaban J connectivity index is 2.08. The minimum Gasteiger partial charge on any atom is -0.321 e. The molecular weight excluding hydrogens is 271 g/mol. The highest BCUT2D eigenvalue weighted by Gasteiger charge is 2.26. The predicted molar refractivity (Wildman–Crippen MR) is 79.7 cm³/mol. The lowest BCUT2D eigenvalue weighted by molar-refractivity contribution is -0.117. The van der Waals surface area contributed by atoms with Gasteiger partial charge in [0.05, 0.1) is 0 Å². The quantitative estimate of drug-likeness (QED) is 0.925. The fraction of sp³-hybridized carbons (Fsp3) is 0.500. The van der Waals surface area contributed by atoms with Crippen LogP contribution in [-0.4, -0.2) is 29.3 Å². The van der Waals surface area contributed by atoms with Crippen molar-refractivity contribution in [1.29, 1.82) is 0 Å². The van der Waals surface area contributed by atoms with Crippen LogP contribution in [0.15, 0.2) is 24.3 Å². The molecule has 1 aliphatic rings. The molecule has 0 bridgehead atoms. The third-order valence-electron chi connectivity index (χ3n) is 3.74. The van der Waals surface area contributed by atoms with Crippen molar-refractivity contribution in [2.45, 2.75) is 45.1 Å². The molecule has 0 aromatic heterocycles. The summed E-state index contributed by atoms with van der Waals surface area (Å²) in [5.41, 5.74) is 0.436. The summed E-state index contributed by atoms with van der Waals surface area (Å²) >= 11 is 0. The molecule has 0 aliphatic carbocycles. The van der Waals surface area contributed by atoms with Gasteiger partial charge < -0.3 is 10.2 Å². The summed E-state index contributed by atoms with van der Waals surface area (Å²) in [6.45, 7) is 2.19. The summed E-state index contributed by atoms with van der Waals surface area (Å²) in [5.74, 6) is -0.297. The first-order valence-corrected chi connectivity index (χ1v) is 7.39. The molecule has 114 valence electrons. The lowest BCUT2D eigenvalue weighted by atomic mass is 10.0. The molecule has 0 radical (unpaired) electrons. The van der Waals surface area contributed by atoms with Crippen molar-refractivity contribution in [3.63, 3.8) is 0 Å². The third-order valence-corrected chi connectivity index (χ3v) is 3.74. The second kappa shape index (κ2) is 7.20. The summed E-state index contributed by atoms with van der Waals surface area (Å²) in [6, 6.07) is 5.52. The Morgan fingerprint density at radius 2 is 2.14 bits per heavy atom. The number of hydrogen-bond acceptors (Lipinski definition) is 2. The van der Waals surface area contributed by atoms with Gasteiger partial charge >= 0.3 is 6.03 Å². The van der Waals surface area contributed by atoms with Crippen molar-refractivity contribution in [2.24, 2.45) is 0 Å². The van der Waals surface area contributed by atoms with Crippen LogP contribution in [0.2, 0.25) is 0 Å². The largest absolute Gasteiger partial charge is 0.322 e. The Morgan fingerprint density at radius 3 is 2.86 bits per heavy atom. The van der Waals surface area contributed by atoms with Crippen LogP contribution in [0.1, 0.15) is 39.0 Å². The molecular formula is C16H21FN2O2. The molecule has 5 heteroatoms. The number of benzene rings is 1. The van der Waals surface area contributed by atoms with E-state index in [1.165, 1.54) is 12.1 Å². The Kier molecular flexibility index (Phi) is 5.31. The zero-order valence-corrected chi connectivity index (χ0v) is 12.3. The molecule has 4 nitrogen and oxygen atoms in total. The number of Topliss-reactive ketones (excluding diaryl/α,β-unsaturated/α-hetero) is 1. The molecule has 0 saturated carbocycles. The number of ketones is 1. The smallest absolute Gasteiger partial charge is 0.321 e. The van der Waals surface area contributed by atoms with Gasteiger partial charge in [0.15, 0.2) is 0 Å². The van der Waals surface area contributed by atoms with Gasteiger partial charge in [-0.05, 0) is 38.0 Å². The molecule has 1 aliphatic heterocycles. The molecule has 1 fully saturated rings. The Bertz CT molecular complexity index is 519. The van der Waals surface area contributed by atoms with Crippen molar-refractivity contribution in [3.8, 4) is 0 Å². The highest BCUT2D eigenvalue weighted by Crippen LogP contribution is 2.21. The van der Waals surface area contributed by atoms with Crippen molar-refractivity contribution in [3.05, 3.63) is 30.1 Å². The van der Waals surface area contributed by atoms with Gasteiger partial charge in [0.2, 0.25) is 0 Å². The maximum Gasteiger partial charge on any atom is 0.322 e. The van der Waals surface area contributed by atoms with E-state index in [9.17, 15) is 14.0 Å². The fourth-order valence-electron chi connectivity index (χ4n) is 2.75. The number of nitrogens with zero attached hydrogens (tertiary/aromatic N) is 1. The number of halogens is 1. The SMILES string of the molecule is CC(=O)CC1CCCCCN1C(=O)Nc1cccc(F)c1. The highest BCUT2D eigenvalue weighted by atomic mass is 19.1. The minimum atomic E-state index is -0.385. The summed E-state index contributed by atoms with van der Waals surface area (Å²) in [6.07, 6.45) is 4.26. The average molecular weight is 292 g/mol. The van der Waals surface area contributed by atoms with E-state index in [1.807, 2.05) is 0 Å². The van der Waals surface area contributed by atoms with Crippen LogP contribution in [0.4, 0.5) is 14.9 Å². The molecule has 1 saturated heterocycles. The van der Waals surface area contributed by atoms with Crippen LogP contribution in [0.25, 0.3) is 0 Å². The summed E-state index contributed by atoms with van der Waals surface area (Å²) in [7, 11) is 0. The van der Waals surface area contributed by atoms with E-state index in [1.54, 1.807) is 24.0 Å². The number of anilines is 1. The summed E-state index contributed by atoms with van der Waals surface area (Å²) in [4.78, 5) is 25.5. The number of urea groups is 1. The van der Waals surface area contributed by atoms with Gasteiger partial charge in [-0.15, -0.1) is 0 Å². The van der Waals surface area contributed by atoms with Gasteiger partial charge in [-0.3, -0.25) is 4.79 Å². The second-order valence-corrected chi connectivity index (χ2v) is 5.54. The maximum atomic E-state index is 13.2. The molecule has 21 heavy (non-hydrogen) atoms. The van der Waals surface area contributed by atoms with Crippen LogP contribution in [0.3, 0.4) is 0 Å². The molecule has 1 aromatic carbocycles.